The molecule has 1 aromatic heterocycles. The number of hydrogen-bond donors (Lipinski definition) is 1. The van der Waals surface area contributed by atoms with E-state index in [9.17, 15) is 4.39 Å². The first-order valence-electron chi connectivity index (χ1n) is 4.75. The summed E-state index contributed by atoms with van der Waals surface area (Å²) in [5.41, 5.74) is 0.862. The summed E-state index contributed by atoms with van der Waals surface area (Å²) in [5.74, 6) is -0.328. The Kier molecular flexibility index (Phi) is 2.63. The van der Waals surface area contributed by atoms with Crippen molar-refractivity contribution in [1.29, 1.82) is 0 Å². The first kappa shape index (κ1) is 9.40. The number of pyridine rings is 1. The van der Waals surface area contributed by atoms with Crippen molar-refractivity contribution >= 4 is 0 Å². The third-order valence-corrected chi connectivity index (χ3v) is 2.45. The van der Waals surface area contributed by atoms with Crippen molar-refractivity contribution in [2.75, 3.05) is 13.7 Å². The maximum absolute atomic E-state index is 13.0. The number of aromatic nitrogens is 1. The summed E-state index contributed by atoms with van der Waals surface area (Å²) in [6.45, 7) is 1.01. The van der Waals surface area contributed by atoms with E-state index in [1.54, 1.807) is 6.07 Å². The SMILES string of the molecule is COc1nc(C2CCCN2)ccc1F. The molecule has 76 valence electrons. The van der Waals surface area contributed by atoms with Gasteiger partial charge in [0.2, 0.25) is 5.88 Å². The minimum atomic E-state index is -0.408. The zero-order valence-corrected chi connectivity index (χ0v) is 8.09. The van der Waals surface area contributed by atoms with Crippen molar-refractivity contribution in [2.24, 2.45) is 0 Å². The van der Waals surface area contributed by atoms with Gasteiger partial charge in [-0.2, -0.15) is 0 Å². The van der Waals surface area contributed by atoms with E-state index in [0.29, 0.717) is 0 Å². The Bertz CT molecular complexity index is 324. The average Bonchev–Trinajstić information content (AvgIpc) is 2.71. The van der Waals surface area contributed by atoms with E-state index in [-0.39, 0.29) is 11.9 Å². The zero-order valence-electron chi connectivity index (χ0n) is 8.09. The molecule has 0 radical (unpaired) electrons. The largest absolute Gasteiger partial charge is 0.479 e. The fourth-order valence-corrected chi connectivity index (χ4v) is 1.71. The van der Waals surface area contributed by atoms with Gasteiger partial charge < -0.3 is 10.1 Å². The molecule has 0 saturated carbocycles. The van der Waals surface area contributed by atoms with Crippen LogP contribution >= 0.6 is 0 Å². The summed E-state index contributed by atoms with van der Waals surface area (Å²) >= 11 is 0. The van der Waals surface area contributed by atoms with Gasteiger partial charge in [0.25, 0.3) is 0 Å². The molecule has 0 bridgehead atoms. The summed E-state index contributed by atoms with van der Waals surface area (Å²) in [7, 11) is 1.43. The lowest BCUT2D eigenvalue weighted by Gasteiger charge is -2.10. The van der Waals surface area contributed by atoms with Gasteiger partial charge >= 0.3 is 0 Å². The molecule has 1 atom stereocenters. The van der Waals surface area contributed by atoms with E-state index >= 15 is 0 Å². The van der Waals surface area contributed by atoms with Gasteiger partial charge in [-0.05, 0) is 31.5 Å². The van der Waals surface area contributed by atoms with Gasteiger partial charge in [-0.25, -0.2) is 9.37 Å². The van der Waals surface area contributed by atoms with Crippen molar-refractivity contribution in [1.82, 2.24) is 10.3 Å². The number of rotatable bonds is 2. The van der Waals surface area contributed by atoms with Gasteiger partial charge in [-0.15, -0.1) is 0 Å². The standard InChI is InChI=1S/C10H13FN2O/c1-14-10-7(11)4-5-9(13-10)8-3-2-6-12-8/h4-5,8,12H,2-3,6H2,1H3. The number of ether oxygens (including phenoxy) is 1. The van der Waals surface area contributed by atoms with Crippen LogP contribution in [0.15, 0.2) is 12.1 Å². The van der Waals surface area contributed by atoms with Gasteiger partial charge in [-0.3, -0.25) is 0 Å². The number of hydrogen-bond acceptors (Lipinski definition) is 3. The van der Waals surface area contributed by atoms with Crippen LogP contribution in [-0.2, 0) is 0 Å². The van der Waals surface area contributed by atoms with Crippen LogP contribution in [0, 0.1) is 5.82 Å². The summed E-state index contributed by atoms with van der Waals surface area (Å²) in [4.78, 5) is 4.11. The first-order valence-corrected chi connectivity index (χ1v) is 4.75. The predicted octanol–water partition coefficient (Wildman–Crippen LogP) is 1.65. The van der Waals surface area contributed by atoms with Gasteiger partial charge in [0, 0.05) is 6.04 Å². The lowest BCUT2D eigenvalue weighted by molar-refractivity contribution is 0.365. The van der Waals surface area contributed by atoms with Crippen LogP contribution in [0.25, 0.3) is 0 Å². The Hall–Kier alpha value is -1.16. The van der Waals surface area contributed by atoms with Crippen LogP contribution < -0.4 is 10.1 Å². The van der Waals surface area contributed by atoms with Gasteiger partial charge in [0.1, 0.15) is 0 Å². The van der Waals surface area contributed by atoms with Crippen LogP contribution in [0.4, 0.5) is 4.39 Å². The molecule has 1 aliphatic rings. The molecule has 2 rings (SSSR count). The van der Waals surface area contributed by atoms with E-state index in [1.165, 1.54) is 13.2 Å². The van der Waals surface area contributed by atoms with Gasteiger partial charge in [-0.1, -0.05) is 0 Å². The predicted molar refractivity (Wildman–Crippen MR) is 50.7 cm³/mol. The molecule has 4 heteroatoms. The normalized spacial score (nSPS) is 21.1. The second kappa shape index (κ2) is 3.92. The van der Waals surface area contributed by atoms with Gasteiger partial charge in [0.05, 0.1) is 12.8 Å². The number of nitrogens with one attached hydrogen (secondary N) is 1. The second-order valence-corrected chi connectivity index (χ2v) is 3.38. The molecule has 0 spiro atoms. The highest BCUT2D eigenvalue weighted by Crippen LogP contribution is 2.24. The number of halogens is 1. The molecule has 1 aliphatic heterocycles. The van der Waals surface area contributed by atoms with E-state index in [0.717, 1.165) is 25.1 Å². The Morgan fingerprint density at radius 3 is 3.07 bits per heavy atom. The van der Waals surface area contributed by atoms with Crippen LogP contribution in [0.2, 0.25) is 0 Å². The van der Waals surface area contributed by atoms with E-state index in [2.05, 4.69) is 10.3 Å². The third-order valence-electron chi connectivity index (χ3n) is 2.45. The molecule has 1 aromatic rings. The topological polar surface area (TPSA) is 34.1 Å². The fraction of sp³-hybridized carbons (Fsp3) is 0.500. The van der Waals surface area contributed by atoms with Crippen molar-refractivity contribution in [2.45, 2.75) is 18.9 Å². The molecule has 0 amide bonds. The van der Waals surface area contributed by atoms with Crippen molar-refractivity contribution in [3.63, 3.8) is 0 Å². The summed E-state index contributed by atoms with van der Waals surface area (Å²) in [6, 6.07) is 3.37. The highest BCUT2D eigenvalue weighted by atomic mass is 19.1. The molecule has 14 heavy (non-hydrogen) atoms. The monoisotopic (exact) mass is 196 g/mol. The quantitative estimate of drug-likeness (QED) is 0.781. The fourth-order valence-electron chi connectivity index (χ4n) is 1.71. The Morgan fingerprint density at radius 1 is 1.57 bits per heavy atom. The van der Waals surface area contributed by atoms with Gasteiger partial charge in [0.15, 0.2) is 5.82 Å². The second-order valence-electron chi connectivity index (χ2n) is 3.38. The summed E-state index contributed by atoms with van der Waals surface area (Å²) in [6.07, 6.45) is 2.20. The molecule has 0 aromatic carbocycles. The lowest BCUT2D eigenvalue weighted by Crippen LogP contribution is -2.14. The Labute approximate surface area is 82.3 Å². The average molecular weight is 196 g/mol. The molecular weight excluding hydrogens is 183 g/mol. The van der Waals surface area contributed by atoms with Crippen LogP contribution in [0.5, 0.6) is 5.88 Å². The summed E-state index contributed by atoms with van der Waals surface area (Å²) in [5, 5.41) is 3.30. The lowest BCUT2D eigenvalue weighted by atomic mass is 10.1. The van der Waals surface area contributed by atoms with Crippen LogP contribution in [0.3, 0.4) is 0 Å². The molecule has 2 heterocycles. The number of methoxy groups -OCH3 is 1. The molecule has 1 unspecified atom stereocenters. The maximum atomic E-state index is 13.0. The molecule has 0 aliphatic carbocycles. The Balaban J connectivity index is 2.25. The number of nitrogens with zero attached hydrogens (tertiary/aromatic N) is 1. The van der Waals surface area contributed by atoms with Crippen LogP contribution in [0.1, 0.15) is 24.6 Å². The van der Waals surface area contributed by atoms with Crippen LogP contribution in [-0.4, -0.2) is 18.6 Å². The minimum Gasteiger partial charge on any atom is -0.479 e. The molecule has 1 N–H and O–H groups in total. The smallest absolute Gasteiger partial charge is 0.250 e. The molecular formula is C10H13FN2O. The highest BCUT2D eigenvalue weighted by molar-refractivity contribution is 5.20. The zero-order chi connectivity index (χ0) is 9.97. The van der Waals surface area contributed by atoms with Crippen molar-refractivity contribution in [3.8, 4) is 5.88 Å². The first-order chi connectivity index (χ1) is 6.81. The minimum absolute atomic E-state index is 0.0798. The van der Waals surface area contributed by atoms with E-state index in [1.807, 2.05) is 0 Å². The maximum Gasteiger partial charge on any atom is 0.250 e. The van der Waals surface area contributed by atoms with Crippen molar-refractivity contribution < 1.29 is 9.13 Å². The molecule has 3 nitrogen and oxygen atoms in total. The Morgan fingerprint density at radius 2 is 2.43 bits per heavy atom. The van der Waals surface area contributed by atoms with E-state index < -0.39 is 5.82 Å². The van der Waals surface area contributed by atoms with E-state index in [4.69, 9.17) is 4.74 Å². The molecule has 1 saturated heterocycles. The third kappa shape index (κ3) is 1.70. The van der Waals surface area contributed by atoms with Crippen molar-refractivity contribution in [3.05, 3.63) is 23.6 Å². The summed E-state index contributed by atoms with van der Waals surface area (Å²) < 4.78 is 17.9. The molecule has 1 fully saturated rings. The highest BCUT2D eigenvalue weighted by Gasteiger charge is 2.18.